The van der Waals surface area contributed by atoms with Crippen LogP contribution < -0.4 is 4.74 Å². The Morgan fingerprint density at radius 3 is 2.93 bits per heavy atom. The van der Waals surface area contributed by atoms with Crippen molar-refractivity contribution in [2.24, 2.45) is 0 Å². The molecule has 0 N–H and O–H groups in total. The standard InChI is InChI=1S/C10H10N2O3/c1-3-15-10(13)8-4-9(14-2)12-6-7(8)5-11/h4,6H,3H2,1-2H3. The van der Waals surface area contributed by atoms with E-state index in [1.54, 1.807) is 6.92 Å². The number of pyridine rings is 1. The number of ether oxygens (including phenoxy) is 2. The summed E-state index contributed by atoms with van der Waals surface area (Å²) in [5.74, 6) is -0.271. The first-order valence-corrected chi connectivity index (χ1v) is 4.34. The second kappa shape index (κ2) is 4.96. The third-order valence-electron chi connectivity index (χ3n) is 1.70. The van der Waals surface area contributed by atoms with Crippen LogP contribution in [0.25, 0.3) is 0 Å². The molecule has 0 aliphatic heterocycles. The predicted octanol–water partition coefficient (Wildman–Crippen LogP) is 1.14. The third-order valence-corrected chi connectivity index (χ3v) is 1.70. The van der Waals surface area contributed by atoms with Gasteiger partial charge in [0.25, 0.3) is 0 Å². The molecule has 0 fully saturated rings. The lowest BCUT2D eigenvalue weighted by Gasteiger charge is -2.04. The van der Waals surface area contributed by atoms with E-state index in [-0.39, 0.29) is 23.6 Å². The minimum Gasteiger partial charge on any atom is -0.481 e. The minimum atomic E-state index is -0.547. The molecule has 0 unspecified atom stereocenters. The van der Waals surface area contributed by atoms with Crippen molar-refractivity contribution < 1.29 is 14.3 Å². The number of nitriles is 1. The Morgan fingerprint density at radius 2 is 2.40 bits per heavy atom. The molecular formula is C10H10N2O3. The van der Waals surface area contributed by atoms with Gasteiger partial charge >= 0.3 is 5.97 Å². The van der Waals surface area contributed by atoms with Crippen molar-refractivity contribution in [2.45, 2.75) is 6.92 Å². The molecule has 1 aromatic rings. The Balaban J connectivity index is 3.13. The van der Waals surface area contributed by atoms with Crippen molar-refractivity contribution in [1.82, 2.24) is 4.98 Å². The maximum atomic E-state index is 11.4. The highest BCUT2D eigenvalue weighted by Crippen LogP contribution is 2.14. The van der Waals surface area contributed by atoms with E-state index in [1.165, 1.54) is 19.4 Å². The molecule has 1 rings (SSSR count). The van der Waals surface area contributed by atoms with Crippen LogP contribution >= 0.6 is 0 Å². The molecule has 0 atom stereocenters. The van der Waals surface area contributed by atoms with Crippen LogP contribution in [0.1, 0.15) is 22.8 Å². The van der Waals surface area contributed by atoms with Gasteiger partial charge in [-0.15, -0.1) is 0 Å². The Labute approximate surface area is 87.3 Å². The van der Waals surface area contributed by atoms with Crippen molar-refractivity contribution in [3.63, 3.8) is 0 Å². The van der Waals surface area contributed by atoms with Crippen LogP contribution in [0.15, 0.2) is 12.3 Å². The maximum Gasteiger partial charge on any atom is 0.339 e. The molecule has 15 heavy (non-hydrogen) atoms. The molecule has 0 aliphatic rings. The summed E-state index contributed by atoms with van der Waals surface area (Å²) in [4.78, 5) is 15.3. The molecule has 0 amide bonds. The predicted molar refractivity (Wildman–Crippen MR) is 51.5 cm³/mol. The molecule has 1 heterocycles. The summed E-state index contributed by atoms with van der Waals surface area (Å²) in [5.41, 5.74) is 0.348. The molecule has 0 saturated heterocycles. The summed E-state index contributed by atoms with van der Waals surface area (Å²) in [5, 5.41) is 8.76. The molecular weight excluding hydrogens is 196 g/mol. The van der Waals surface area contributed by atoms with Crippen LogP contribution in [0, 0.1) is 11.3 Å². The van der Waals surface area contributed by atoms with Crippen LogP contribution in [0.2, 0.25) is 0 Å². The zero-order chi connectivity index (χ0) is 11.3. The SMILES string of the molecule is CCOC(=O)c1cc(OC)ncc1C#N. The molecule has 0 aromatic carbocycles. The fraction of sp³-hybridized carbons (Fsp3) is 0.300. The number of carbonyl (C=O) groups excluding carboxylic acids is 1. The van der Waals surface area contributed by atoms with E-state index >= 15 is 0 Å². The van der Waals surface area contributed by atoms with E-state index in [0.29, 0.717) is 0 Å². The van der Waals surface area contributed by atoms with Crippen LogP contribution in [0.4, 0.5) is 0 Å². The Hall–Kier alpha value is -2.09. The summed E-state index contributed by atoms with van der Waals surface area (Å²) >= 11 is 0. The first kappa shape index (κ1) is 11.0. The maximum absolute atomic E-state index is 11.4. The number of carbonyl (C=O) groups is 1. The highest BCUT2D eigenvalue weighted by atomic mass is 16.5. The molecule has 0 aliphatic carbocycles. The van der Waals surface area contributed by atoms with Gasteiger partial charge in [-0.25, -0.2) is 9.78 Å². The second-order valence-corrected chi connectivity index (χ2v) is 2.60. The summed E-state index contributed by atoms with van der Waals surface area (Å²) in [6.45, 7) is 1.96. The molecule has 5 nitrogen and oxygen atoms in total. The number of nitrogens with zero attached hydrogens (tertiary/aromatic N) is 2. The zero-order valence-electron chi connectivity index (χ0n) is 8.48. The lowest BCUT2D eigenvalue weighted by atomic mass is 10.1. The van der Waals surface area contributed by atoms with Gasteiger partial charge in [0.15, 0.2) is 0 Å². The lowest BCUT2D eigenvalue weighted by molar-refractivity contribution is 0.0525. The summed E-state index contributed by atoms with van der Waals surface area (Å²) in [6, 6.07) is 3.25. The number of rotatable bonds is 3. The number of esters is 1. The van der Waals surface area contributed by atoms with Gasteiger partial charge in [0.1, 0.15) is 6.07 Å². The molecule has 5 heteroatoms. The zero-order valence-corrected chi connectivity index (χ0v) is 8.48. The van der Waals surface area contributed by atoms with Crippen molar-refractivity contribution in [3.8, 4) is 11.9 Å². The second-order valence-electron chi connectivity index (χ2n) is 2.60. The Bertz CT molecular complexity index is 410. The van der Waals surface area contributed by atoms with Crippen molar-refractivity contribution in [1.29, 1.82) is 5.26 Å². The lowest BCUT2D eigenvalue weighted by Crippen LogP contribution is -2.08. The van der Waals surface area contributed by atoms with E-state index in [9.17, 15) is 4.79 Å². The number of aromatic nitrogens is 1. The topological polar surface area (TPSA) is 72.2 Å². The van der Waals surface area contributed by atoms with Crippen molar-refractivity contribution in [2.75, 3.05) is 13.7 Å². The number of methoxy groups -OCH3 is 1. The van der Waals surface area contributed by atoms with Gasteiger partial charge in [0.2, 0.25) is 5.88 Å². The third kappa shape index (κ3) is 2.44. The van der Waals surface area contributed by atoms with E-state index in [1.807, 2.05) is 6.07 Å². The van der Waals surface area contributed by atoms with E-state index < -0.39 is 5.97 Å². The van der Waals surface area contributed by atoms with Crippen LogP contribution in [-0.4, -0.2) is 24.7 Å². The van der Waals surface area contributed by atoms with Crippen LogP contribution in [0.3, 0.4) is 0 Å². The van der Waals surface area contributed by atoms with Crippen molar-refractivity contribution >= 4 is 5.97 Å². The van der Waals surface area contributed by atoms with Gasteiger partial charge < -0.3 is 9.47 Å². The Morgan fingerprint density at radius 1 is 1.67 bits per heavy atom. The molecule has 0 saturated carbocycles. The molecule has 0 spiro atoms. The normalized spacial score (nSPS) is 9.13. The van der Waals surface area contributed by atoms with Gasteiger partial charge in [0, 0.05) is 12.3 Å². The van der Waals surface area contributed by atoms with Crippen LogP contribution in [0.5, 0.6) is 5.88 Å². The quantitative estimate of drug-likeness (QED) is 0.693. The van der Waals surface area contributed by atoms with Gasteiger partial charge in [-0.1, -0.05) is 0 Å². The van der Waals surface area contributed by atoms with E-state index in [0.717, 1.165) is 0 Å². The largest absolute Gasteiger partial charge is 0.481 e. The average Bonchev–Trinajstić information content (AvgIpc) is 2.28. The molecule has 1 aromatic heterocycles. The van der Waals surface area contributed by atoms with Gasteiger partial charge in [-0.2, -0.15) is 5.26 Å². The van der Waals surface area contributed by atoms with Crippen molar-refractivity contribution in [3.05, 3.63) is 23.4 Å². The van der Waals surface area contributed by atoms with E-state index in [4.69, 9.17) is 14.7 Å². The minimum absolute atomic E-state index is 0.172. The summed E-state index contributed by atoms with van der Waals surface area (Å²) in [7, 11) is 1.43. The fourth-order valence-electron chi connectivity index (χ4n) is 1.01. The monoisotopic (exact) mass is 206 g/mol. The molecule has 0 bridgehead atoms. The number of hydrogen-bond acceptors (Lipinski definition) is 5. The van der Waals surface area contributed by atoms with Gasteiger partial charge in [0.05, 0.1) is 24.8 Å². The van der Waals surface area contributed by atoms with Gasteiger partial charge in [-0.05, 0) is 6.92 Å². The number of hydrogen-bond donors (Lipinski definition) is 0. The highest BCUT2D eigenvalue weighted by Gasteiger charge is 2.14. The first-order chi connectivity index (χ1) is 7.22. The molecule has 78 valence electrons. The summed E-state index contributed by atoms with van der Waals surface area (Å²) in [6.07, 6.45) is 1.28. The van der Waals surface area contributed by atoms with Gasteiger partial charge in [-0.3, -0.25) is 0 Å². The first-order valence-electron chi connectivity index (χ1n) is 4.34. The highest BCUT2D eigenvalue weighted by molar-refractivity contribution is 5.92. The smallest absolute Gasteiger partial charge is 0.339 e. The fourth-order valence-corrected chi connectivity index (χ4v) is 1.01. The summed E-state index contributed by atoms with van der Waals surface area (Å²) < 4.78 is 9.65. The van der Waals surface area contributed by atoms with E-state index in [2.05, 4.69) is 4.98 Å². The Kier molecular flexibility index (Phi) is 3.63. The average molecular weight is 206 g/mol. The van der Waals surface area contributed by atoms with Crippen LogP contribution in [-0.2, 0) is 4.74 Å². The molecule has 0 radical (unpaired) electrons.